The summed E-state index contributed by atoms with van der Waals surface area (Å²) in [7, 11) is 0. The van der Waals surface area contributed by atoms with Gasteiger partial charge in [0.25, 0.3) is 0 Å². The maximum Gasteiger partial charge on any atom is 0.220 e. The van der Waals surface area contributed by atoms with Gasteiger partial charge in [-0.25, -0.2) is 0 Å². The van der Waals surface area contributed by atoms with E-state index in [-0.39, 0.29) is 11.3 Å². The molecule has 1 aromatic carbocycles. The number of benzene rings is 1. The van der Waals surface area contributed by atoms with Crippen molar-refractivity contribution in [2.45, 2.75) is 38.0 Å². The van der Waals surface area contributed by atoms with E-state index < -0.39 is 0 Å². The van der Waals surface area contributed by atoms with Crippen LogP contribution in [0.1, 0.15) is 36.8 Å². The number of carbonyl (C=O) groups excluding carboxylic acids is 1. The third-order valence-corrected chi connectivity index (χ3v) is 4.40. The number of nitrogens with two attached hydrogens (primary N) is 1. The number of hydrogen-bond donors (Lipinski definition) is 2. The minimum atomic E-state index is 0.00195. The highest BCUT2D eigenvalue weighted by atomic mass is 16.5. The van der Waals surface area contributed by atoms with E-state index in [1.54, 1.807) is 0 Å². The fourth-order valence-electron chi connectivity index (χ4n) is 3.09. The van der Waals surface area contributed by atoms with Gasteiger partial charge in [-0.3, -0.25) is 4.79 Å². The Morgan fingerprint density at radius 3 is 2.71 bits per heavy atom. The molecule has 2 rings (SSSR count). The van der Waals surface area contributed by atoms with Crippen molar-refractivity contribution in [2.75, 3.05) is 26.3 Å². The van der Waals surface area contributed by atoms with Crippen molar-refractivity contribution in [3.63, 3.8) is 0 Å². The molecule has 0 bridgehead atoms. The number of rotatable bonds is 6. The molecule has 1 saturated heterocycles. The molecule has 1 fully saturated rings. The van der Waals surface area contributed by atoms with E-state index in [9.17, 15) is 4.79 Å². The number of amides is 1. The van der Waals surface area contributed by atoms with Crippen LogP contribution in [0.5, 0.6) is 0 Å². The lowest BCUT2D eigenvalue weighted by Crippen LogP contribution is -2.45. The molecule has 0 atom stereocenters. The largest absolute Gasteiger partial charge is 0.381 e. The first-order chi connectivity index (χ1) is 10.2. The average Bonchev–Trinajstić information content (AvgIpc) is 2.52. The van der Waals surface area contributed by atoms with Gasteiger partial charge in [0.05, 0.1) is 0 Å². The van der Waals surface area contributed by atoms with Gasteiger partial charge in [-0.05, 0) is 43.9 Å². The van der Waals surface area contributed by atoms with Crippen LogP contribution >= 0.6 is 0 Å². The third-order valence-electron chi connectivity index (χ3n) is 4.40. The average molecular weight is 290 g/mol. The Morgan fingerprint density at radius 2 is 2.05 bits per heavy atom. The predicted octanol–water partition coefficient (Wildman–Crippen LogP) is 1.90. The summed E-state index contributed by atoms with van der Waals surface area (Å²) in [4.78, 5) is 11.9. The lowest BCUT2D eigenvalue weighted by Gasteiger charge is -2.39. The minimum absolute atomic E-state index is 0.00195. The molecule has 1 amide bonds. The molecule has 0 unspecified atom stereocenters. The monoisotopic (exact) mass is 290 g/mol. The summed E-state index contributed by atoms with van der Waals surface area (Å²) in [6, 6.07) is 8.47. The summed E-state index contributed by atoms with van der Waals surface area (Å²) in [5, 5.41) is 3.10. The van der Waals surface area contributed by atoms with Gasteiger partial charge in [0.15, 0.2) is 0 Å². The van der Waals surface area contributed by atoms with Crippen molar-refractivity contribution in [3.05, 3.63) is 35.4 Å². The van der Waals surface area contributed by atoms with Crippen LogP contribution in [-0.4, -0.2) is 32.2 Å². The molecule has 4 heteroatoms. The topological polar surface area (TPSA) is 64.4 Å². The van der Waals surface area contributed by atoms with Crippen LogP contribution in [-0.2, 0) is 14.9 Å². The minimum Gasteiger partial charge on any atom is -0.381 e. The number of carbonyl (C=O) groups is 1. The molecule has 1 aliphatic rings. The third kappa shape index (κ3) is 4.05. The Kier molecular flexibility index (Phi) is 5.76. The normalized spacial score (nSPS) is 17.4. The van der Waals surface area contributed by atoms with Crippen LogP contribution in [0.4, 0.5) is 0 Å². The maximum atomic E-state index is 11.9. The molecule has 0 saturated carbocycles. The molecule has 21 heavy (non-hydrogen) atoms. The van der Waals surface area contributed by atoms with Gasteiger partial charge in [0.1, 0.15) is 0 Å². The van der Waals surface area contributed by atoms with Crippen molar-refractivity contribution in [1.82, 2.24) is 5.32 Å². The van der Waals surface area contributed by atoms with Gasteiger partial charge >= 0.3 is 0 Å². The van der Waals surface area contributed by atoms with Crippen LogP contribution in [0.15, 0.2) is 24.3 Å². The molecule has 0 aromatic heterocycles. The molecule has 1 aliphatic heterocycles. The van der Waals surface area contributed by atoms with Gasteiger partial charge in [0.2, 0.25) is 5.91 Å². The van der Waals surface area contributed by atoms with Crippen LogP contribution in [0.3, 0.4) is 0 Å². The zero-order valence-electron chi connectivity index (χ0n) is 12.9. The van der Waals surface area contributed by atoms with Crippen LogP contribution in [0.2, 0.25) is 0 Å². The number of hydrogen-bond acceptors (Lipinski definition) is 3. The SMILES string of the molecule is Cc1ccccc1C1(CNC(=O)CCCN)CCOCC1. The second kappa shape index (κ2) is 7.57. The zero-order chi connectivity index (χ0) is 15.1. The fraction of sp³-hybridized carbons (Fsp3) is 0.588. The highest BCUT2D eigenvalue weighted by Crippen LogP contribution is 2.36. The van der Waals surface area contributed by atoms with Crippen molar-refractivity contribution in [3.8, 4) is 0 Å². The first kappa shape index (κ1) is 16.0. The molecular formula is C17H26N2O2. The van der Waals surface area contributed by atoms with E-state index in [4.69, 9.17) is 10.5 Å². The molecule has 1 heterocycles. The van der Waals surface area contributed by atoms with Gasteiger partial charge in [-0.2, -0.15) is 0 Å². The molecule has 1 aromatic rings. The molecule has 0 spiro atoms. The maximum absolute atomic E-state index is 11.9. The van der Waals surface area contributed by atoms with Crippen LogP contribution in [0.25, 0.3) is 0 Å². The van der Waals surface area contributed by atoms with E-state index in [1.807, 2.05) is 0 Å². The molecule has 116 valence electrons. The standard InChI is InChI=1S/C17H26N2O2/c1-14-5-2-3-6-15(14)17(8-11-21-12-9-17)13-19-16(20)7-4-10-18/h2-3,5-6H,4,7-13,18H2,1H3,(H,19,20). The Balaban J connectivity index is 2.11. The first-order valence-corrected chi connectivity index (χ1v) is 7.78. The van der Waals surface area contributed by atoms with E-state index in [2.05, 4.69) is 36.5 Å². The van der Waals surface area contributed by atoms with Crippen molar-refractivity contribution in [1.29, 1.82) is 0 Å². The Labute approximate surface area is 127 Å². The Morgan fingerprint density at radius 1 is 1.33 bits per heavy atom. The quantitative estimate of drug-likeness (QED) is 0.841. The van der Waals surface area contributed by atoms with Gasteiger partial charge in [0, 0.05) is 31.6 Å². The Bertz CT molecular complexity index is 468. The van der Waals surface area contributed by atoms with E-state index in [1.165, 1.54) is 11.1 Å². The summed E-state index contributed by atoms with van der Waals surface area (Å²) in [5.74, 6) is 0.0971. The lowest BCUT2D eigenvalue weighted by molar-refractivity contribution is -0.121. The molecule has 0 radical (unpaired) electrons. The summed E-state index contributed by atoms with van der Waals surface area (Å²) in [6.45, 7) is 4.90. The summed E-state index contributed by atoms with van der Waals surface area (Å²) in [5.41, 5.74) is 8.09. The number of nitrogens with one attached hydrogen (secondary N) is 1. The van der Waals surface area contributed by atoms with Gasteiger partial charge < -0.3 is 15.8 Å². The molecular weight excluding hydrogens is 264 g/mol. The van der Waals surface area contributed by atoms with Gasteiger partial charge in [-0.15, -0.1) is 0 Å². The van der Waals surface area contributed by atoms with Crippen LogP contribution < -0.4 is 11.1 Å². The van der Waals surface area contributed by atoms with Crippen molar-refractivity contribution >= 4 is 5.91 Å². The Hall–Kier alpha value is -1.39. The summed E-state index contributed by atoms with van der Waals surface area (Å²) in [6.07, 6.45) is 3.16. The highest BCUT2D eigenvalue weighted by molar-refractivity contribution is 5.76. The molecule has 4 nitrogen and oxygen atoms in total. The lowest BCUT2D eigenvalue weighted by atomic mass is 9.72. The summed E-state index contributed by atoms with van der Waals surface area (Å²) < 4.78 is 5.53. The van der Waals surface area contributed by atoms with Gasteiger partial charge in [-0.1, -0.05) is 24.3 Å². The smallest absolute Gasteiger partial charge is 0.220 e. The van der Waals surface area contributed by atoms with E-state index >= 15 is 0 Å². The molecule has 0 aliphatic carbocycles. The van der Waals surface area contributed by atoms with Crippen LogP contribution in [0, 0.1) is 6.92 Å². The van der Waals surface area contributed by atoms with E-state index in [0.29, 0.717) is 19.5 Å². The molecule has 3 N–H and O–H groups in total. The number of ether oxygens (including phenoxy) is 1. The first-order valence-electron chi connectivity index (χ1n) is 7.78. The zero-order valence-corrected chi connectivity index (χ0v) is 12.9. The second-order valence-corrected chi connectivity index (χ2v) is 5.88. The van der Waals surface area contributed by atoms with E-state index in [0.717, 1.165) is 32.5 Å². The van der Waals surface area contributed by atoms with Crippen molar-refractivity contribution in [2.24, 2.45) is 5.73 Å². The number of aryl methyl sites for hydroxylation is 1. The second-order valence-electron chi connectivity index (χ2n) is 5.88. The predicted molar refractivity (Wildman–Crippen MR) is 84.2 cm³/mol. The van der Waals surface area contributed by atoms with Crippen molar-refractivity contribution < 1.29 is 9.53 Å². The highest BCUT2D eigenvalue weighted by Gasteiger charge is 2.35. The fourth-order valence-corrected chi connectivity index (χ4v) is 3.09. The summed E-state index contributed by atoms with van der Waals surface area (Å²) >= 11 is 0.